The first-order valence-electron chi connectivity index (χ1n) is 5.69. The van der Waals surface area contributed by atoms with E-state index in [2.05, 4.69) is 25.0 Å². The molecule has 0 aliphatic heterocycles. The molecule has 1 atom stereocenters. The summed E-state index contributed by atoms with van der Waals surface area (Å²) in [7, 11) is 1.31. The van der Waals surface area contributed by atoms with Gasteiger partial charge in [-0.05, 0) is 13.8 Å². The van der Waals surface area contributed by atoms with Crippen molar-refractivity contribution in [2.24, 2.45) is 0 Å². The molecule has 0 amide bonds. The second-order valence-corrected chi connectivity index (χ2v) is 5.22. The largest absolute Gasteiger partial charge is 0.464 e. The Hall–Kier alpha value is -2.02. The molecule has 7 heteroatoms. The number of hydrogen-bond acceptors (Lipinski definition) is 7. The summed E-state index contributed by atoms with van der Waals surface area (Å²) in [6.07, 6.45) is 4.72. The average Bonchev–Trinajstić information content (AvgIpc) is 2.85. The number of rotatable bonds is 4. The van der Waals surface area contributed by atoms with E-state index in [0.717, 1.165) is 9.88 Å². The number of aromatic nitrogens is 3. The van der Waals surface area contributed by atoms with Crippen LogP contribution in [0, 0.1) is 6.92 Å². The summed E-state index contributed by atoms with van der Waals surface area (Å²) in [6.45, 7) is 4.01. The van der Waals surface area contributed by atoms with Crippen LogP contribution >= 0.6 is 11.3 Å². The fraction of sp³-hybridized carbons (Fsp3) is 0.333. The highest BCUT2D eigenvalue weighted by Crippen LogP contribution is 2.21. The number of carbonyl (C=O) groups is 1. The number of nitrogens with one attached hydrogen (secondary N) is 1. The Balaban J connectivity index is 2.05. The van der Waals surface area contributed by atoms with Crippen LogP contribution in [0.3, 0.4) is 0 Å². The van der Waals surface area contributed by atoms with Crippen LogP contribution in [0.25, 0.3) is 0 Å². The summed E-state index contributed by atoms with van der Waals surface area (Å²) < 4.78 is 4.56. The van der Waals surface area contributed by atoms with Crippen LogP contribution in [0.2, 0.25) is 0 Å². The minimum absolute atomic E-state index is 0.0389. The van der Waals surface area contributed by atoms with Crippen LogP contribution in [0.1, 0.15) is 33.3 Å². The number of methoxy groups -OCH3 is 1. The van der Waals surface area contributed by atoms with Crippen LogP contribution in [0.5, 0.6) is 0 Å². The Morgan fingerprint density at radius 2 is 2.11 bits per heavy atom. The van der Waals surface area contributed by atoms with Crippen molar-refractivity contribution in [2.75, 3.05) is 12.4 Å². The molecule has 0 fully saturated rings. The maximum absolute atomic E-state index is 11.2. The van der Waals surface area contributed by atoms with E-state index in [-0.39, 0.29) is 11.7 Å². The zero-order valence-corrected chi connectivity index (χ0v) is 11.7. The molecule has 2 aromatic rings. The number of carbonyl (C=O) groups excluding carboxylic acids is 1. The van der Waals surface area contributed by atoms with Crippen molar-refractivity contribution in [3.63, 3.8) is 0 Å². The van der Waals surface area contributed by atoms with Crippen molar-refractivity contribution in [3.8, 4) is 0 Å². The van der Waals surface area contributed by atoms with Gasteiger partial charge in [0.15, 0.2) is 5.69 Å². The Bertz CT molecular complexity index is 567. The Kier molecular flexibility index (Phi) is 4.06. The number of esters is 1. The first kappa shape index (κ1) is 13.4. The monoisotopic (exact) mass is 278 g/mol. The molecule has 1 N–H and O–H groups in total. The smallest absolute Gasteiger partial charge is 0.358 e. The van der Waals surface area contributed by atoms with Crippen LogP contribution in [-0.4, -0.2) is 28.0 Å². The average molecular weight is 278 g/mol. The van der Waals surface area contributed by atoms with Gasteiger partial charge in [-0.1, -0.05) is 0 Å². The summed E-state index contributed by atoms with van der Waals surface area (Å²) in [5.74, 6) is 0.0932. The van der Waals surface area contributed by atoms with Gasteiger partial charge >= 0.3 is 5.97 Å². The van der Waals surface area contributed by atoms with Crippen molar-refractivity contribution < 1.29 is 9.53 Å². The minimum atomic E-state index is -0.498. The number of nitrogens with zero attached hydrogens (tertiary/aromatic N) is 3. The predicted molar refractivity (Wildman–Crippen MR) is 72.3 cm³/mol. The molecule has 0 saturated heterocycles. The molecule has 0 saturated carbocycles. The number of thiazole rings is 1. The number of anilines is 1. The lowest BCUT2D eigenvalue weighted by Crippen LogP contribution is -2.10. The van der Waals surface area contributed by atoms with Crippen LogP contribution in [0.4, 0.5) is 5.82 Å². The van der Waals surface area contributed by atoms with E-state index in [1.54, 1.807) is 11.3 Å². The molecular formula is C12H14N4O2S. The number of hydrogen-bond donors (Lipinski definition) is 1. The van der Waals surface area contributed by atoms with Crippen LogP contribution in [-0.2, 0) is 4.74 Å². The molecule has 0 radical (unpaired) electrons. The van der Waals surface area contributed by atoms with Crippen molar-refractivity contribution >= 4 is 23.1 Å². The fourth-order valence-electron chi connectivity index (χ4n) is 1.47. The van der Waals surface area contributed by atoms with E-state index >= 15 is 0 Å². The summed E-state index contributed by atoms with van der Waals surface area (Å²) >= 11 is 1.63. The normalized spacial score (nSPS) is 11.9. The summed E-state index contributed by atoms with van der Waals surface area (Å²) in [5.41, 5.74) is 0.186. The molecule has 1 unspecified atom stereocenters. The highest BCUT2D eigenvalue weighted by Gasteiger charge is 2.11. The van der Waals surface area contributed by atoms with Gasteiger partial charge in [-0.25, -0.2) is 19.7 Å². The molecule has 0 aromatic carbocycles. The van der Waals surface area contributed by atoms with Gasteiger partial charge in [0.05, 0.1) is 25.5 Å². The molecule has 2 aromatic heterocycles. The maximum Gasteiger partial charge on any atom is 0.358 e. The number of ether oxygens (including phenoxy) is 1. The summed E-state index contributed by atoms with van der Waals surface area (Å²) in [5, 5.41) is 4.16. The Morgan fingerprint density at radius 3 is 2.63 bits per heavy atom. The van der Waals surface area contributed by atoms with Gasteiger partial charge < -0.3 is 10.1 Å². The molecule has 19 heavy (non-hydrogen) atoms. The van der Waals surface area contributed by atoms with E-state index in [0.29, 0.717) is 5.82 Å². The van der Waals surface area contributed by atoms with E-state index in [9.17, 15) is 4.79 Å². The molecule has 6 nitrogen and oxygen atoms in total. The molecule has 2 rings (SSSR count). The van der Waals surface area contributed by atoms with Gasteiger partial charge in [-0.15, -0.1) is 11.3 Å². The van der Waals surface area contributed by atoms with Gasteiger partial charge in [0.25, 0.3) is 0 Å². The van der Waals surface area contributed by atoms with Gasteiger partial charge in [0.2, 0.25) is 0 Å². The summed E-state index contributed by atoms with van der Waals surface area (Å²) in [6, 6.07) is 0.0389. The molecular weight excluding hydrogens is 264 g/mol. The molecule has 0 spiro atoms. The van der Waals surface area contributed by atoms with E-state index in [1.165, 1.54) is 19.5 Å². The van der Waals surface area contributed by atoms with E-state index in [1.807, 2.05) is 20.0 Å². The lowest BCUT2D eigenvalue weighted by molar-refractivity contribution is 0.0593. The highest BCUT2D eigenvalue weighted by molar-refractivity contribution is 7.11. The molecule has 0 aliphatic carbocycles. The fourth-order valence-corrected chi connectivity index (χ4v) is 2.24. The van der Waals surface area contributed by atoms with Gasteiger partial charge in [-0.3, -0.25) is 0 Å². The zero-order chi connectivity index (χ0) is 13.8. The molecule has 100 valence electrons. The van der Waals surface area contributed by atoms with Gasteiger partial charge in [0.1, 0.15) is 10.8 Å². The van der Waals surface area contributed by atoms with E-state index in [4.69, 9.17) is 0 Å². The van der Waals surface area contributed by atoms with Crippen molar-refractivity contribution in [2.45, 2.75) is 19.9 Å². The lowest BCUT2D eigenvalue weighted by Gasteiger charge is -2.11. The predicted octanol–water partition coefficient (Wildman–Crippen LogP) is 2.20. The van der Waals surface area contributed by atoms with Gasteiger partial charge in [0, 0.05) is 11.1 Å². The van der Waals surface area contributed by atoms with Crippen LogP contribution in [0.15, 0.2) is 18.6 Å². The third kappa shape index (κ3) is 3.25. The first-order valence-corrected chi connectivity index (χ1v) is 6.51. The molecule has 0 aliphatic rings. The lowest BCUT2D eigenvalue weighted by atomic mass is 10.3. The Labute approximate surface area is 114 Å². The SMILES string of the molecule is COC(=O)c1cnc(NC(C)c2ncc(C)s2)cn1. The van der Waals surface area contributed by atoms with Gasteiger partial charge in [-0.2, -0.15) is 0 Å². The van der Waals surface area contributed by atoms with Crippen molar-refractivity contribution in [1.82, 2.24) is 15.0 Å². The first-order chi connectivity index (χ1) is 9.10. The molecule has 2 heterocycles. The standard InChI is InChI=1S/C12H14N4O2S/c1-7-4-15-11(19-7)8(2)16-10-6-13-9(5-14-10)12(17)18-3/h4-6,8H,1-3H3,(H,14,16). The van der Waals surface area contributed by atoms with Crippen LogP contribution < -0.4 is 5.32 Å². The minimum Gasteiger partial charge on any atom is -0.464 e. The second-order valence-electron chi connectivity index (χ2n) is 3.95. The zero-order valence-electron chi connectivity index (χ0n) is 10.9. The maximum atomic E-state index is 11.2. The summed E-state index contributed by atoms with van der Waals surface area (Å²) in [4.78, 5) is 24.8. The van der Waals surface area contributed by atoms with Crippen molar-refractivity contribution in [1.29, 1.82) is 0 Å². The topological polar surface area (TPSA) is 77.0 Å². The molecule has 0 bridgehead atoms. The van der Waals surface area contributed by atoms with E-state index < -0.39 is 5.97 Å². The highest BCUT2D eigenvalue weighted by atomic mass is 32.1. The second kappa shape index (κ2) is 5.75. The number of aryl methyl sites for hydroxylation is 1. The van der Waals surface area contributed by atoms with Crippen molar-refractivity contribution in [3.05, 3.63) is 34.2 Å². The third-order valence-corrected chi connectivity index (χ3v) is 3.52. The Morgan fingerprint density at radius 1 is 1.32 bits per heavy atom. The third-order valence-electron chi connectivity index (χ3n) is 2.42. The quantitative estimate of drug-likeness (QED) is 0.864.